The van der Waals surface area contributed by atoms with Crippen molar-refractivity contribution < 1.29 is 4.57 Å². The molecule has 0 aliphatic carbocycles. The summed E-state index contributed by atoms with van der Waals surface area (Å²) in [5.74, 6) is 0.984. The van der Waals surface area contributed by atoms with Crippen LogP contribution in [-0.4, -0.2) is 24.1 Å². The van der Waals surface area contributed by atoms with E-state index in [1.807, 2.05) is 14.1 Å². The first-order valence-electron chi connectivity index (χ1n) is 7.15. The number of nitrogens with one attached hydrogen (secondary N) is 1. The Morgan fingerprint density at radius 1 is 1.10 bits per heavy atom. The third-order valence-corrected chi connectivity index (χ3v) is 3.87. The second kappa shape index (κ2) is 5.20. The molecule has 0 fully saturated rings. The molecule has 21 heavy (non-hydrogen) atoms. The van der Waals surface area contributed by atoms with Crippen LogP contribution in [0.4, 0.5) is 5.69 Å². The van der Waals surface area contributed by atoms with Gasteiger partial charge in [-0.1, -0.05) is 0 Å². The Bertz CT molecular complexity index is 730. The molecule has 2 heterocycles. The lowest BCUT2D eigenvalue weighted by molar-refractivity contribution is -0.689. The molecule has 0 saturated heterocycles. The zero-order valence-electron chi connectivity index (χ0n) is 13.0. The van der Waals surface area contributed by atoms with Gasteiger partial charge < -0.3 is 9.88 Å². The van der Waals surface area contributed by atoms with Gasteiger partial charge >= 0.3 is 0 Å². The van der Waals surface area contributed by atoms with Gasteiger partial charge in [0.1, 0.15) is 0 Å². The lowest BCUT2D eigenvalue weighted by Gasteiger charge is -2.10. The Labute approximate surface area is 125 Å². The minimum atomic E-state index is 0.750. The number of nitrogens with zero attached hydrogens (tertiary/aromatic N) is 3. The maximum Gasteiger partial charge on any atom is 0.205 e. The van der Waals surface area contributed by atoms with Gasteiger partial charge in [-0.2, -0.15) is 4.57 Å². The first-order chi connectivity index (χ1) is 10.0. The van der Waals surface area contributed by atoms with Crippen molar-refractivity contribution in [1.82, 2.24) is 9.97 Å². The molecule has 0 radical (unpaired) electrons. The first kappa shape index (κ1) is 13.6. The molecule has 0 amide bonds. The summed E-state index contributed by atoms with van der Waals surface area (Å²) in [6.07, 6.45) is 4.16. The van der Waals surface area contributed by atoms with Gasteiger partial charge in [-0.05, 0) is 37.1 Å². The molecule has 4 heteroatoms. The van der Waals surface area contributed by atoms with Gasteiger partial charge in [0, 0.05) is 31.9 Å². The second-order valence-electron chi connectivity index (χ2n) is 5.76. The fraction of sp³-hybridized carbons (Fsp3) is 0.294. The predicted octanol–water partition coefficient (Wildman–Crippen LogP) is 2.58. The SMILES string of the molecule is Cc1cc2nc(C[n+]3ccc(N(C)C)cc3)[nH]c2cc1C. The standard InChI is InChI=1S/C17H21N4/c1-12-9-15-16(10-13(12)2)19-17(18-15)11-21-7-5-14(6-8-21)20(3)4/h5-10H,11H2,1-4H3,(H,18,19)/q+1. The number of anilines is 1. The number of imidazole rings is 1. The average molecular weight is 281 g/mol. The van der Waals surface area contributed by atoms with Crippen molar-refractivity contribution in [2.45, 2.75) is 20.4 Å². The number of aromatic amines is 1. The fourth-order valence-electron chi connectivity index (χ4n) is 2.42. The Kier molecular flexibility index (Phi) is 3.37. The van der Waals surface area contributed by atoms with Gasteiger partial charge in [0.2, 0.25) is 6.54 Å². The topological polar surface area (TPSA) is 35.8 Å². The number of hydrogen-bond acceptors (Lipinski definition) is 2. The summed E-state index contributed by atoms with van der Waals surface area (Å²) in [6, 6.07) is 8.53. The minimum Gasteiger partial charge on any atom is -0.377 e. The quantitative estimate of drug-likeness (QED) is 0.749. The summed E-state index contributed by atoms with van der Waals surface area (Å²) in [5.41, 5.74) is 5.92. The number of aromatic nitrogens is 3. The normalized spacial score (nSPS) is 11.0. The summed E-state index contributed by atoms with van der Waals surface area (Å²) in [6.45, 7) is 5.00. The highest BCUT2D eigenvalue weighted by molar-refractivity contribution is 5.77. The molecule has 3 rings (SSSR count). The lowest BCUT2D eigenvalue weighted by atomic mass is 10.1. The molecule has 2 aromatic heterocycles. The third kappa shape index (κ3) is 2.75. The third-order valence-electron chi connectivity index (χ3n) is 3.87. The molecule has 1 aromatic carbocycles. The van der Waals surface area contributed by atoms with Crippen LogP contribution in [0.15, 0.2) is 36.7 Å². The van der Waals surface area contributed by atoms with E-state index in [0.29, 0.717) is 0 Å². The summed E-state index contributed by atoms with van der Waals surface area (Å²) in [4.78, 5) is 10.2. The second-order valence-corrected chi connectivity index (χ2v) is 5.76. The summed E-state index contributed by atoms with van der Waals surface area (Å²) in [5, 5.41) is 0. The highest BCUT2D eigenvalue weighted by Crippen LogP contribution is 2.17. The number of fused-ring (bicyclic) bond motifs is 1. The maximum absolute atomic E-state index is 4.68. The van der Waals surface area contributed by atoms with Gasteiger partial charge in [-0.25, -0.2) is 4.98 Å². The maximum atomic E-state index is 4.68. The van der Waals surface area contributed by atoms with E-state index in [2.05, 4.69) is 69.9 Å². The molecule has 3 aromatic rings. The van der Waals surface area contributed by atoms with E-state index >= 15 is 0 Å². The van der Waals surface area contributed by atoms with Gasteiger partial charge in [0.05, 0.1) is 11.0 Å². The van der Waals surface area contributed by atoms with Crippen LogP contribution in [0, 0.1) is 13.8 Å². The van der Waals surface area contributed by atoms with Gasteiger partial charge in [-0.3, -0.25) is 0 Å². The van der Waals surface area contributed by atoms with Crippen molar-refractivity contribution in [3.8, 4) is 0 Å². The fourth-order valence-corrected chi connectivity index (χ4v) is 2.42. The zero-order chi connectivity index (χ0) is 15.0. The van der Waals surface area contributed by atoms with E-state index in [0.717, 1.165) is 23.4 Å². The lowest BCUT2D eigenvalue weighted by Crippen LogP contribution is -2.34. The molecule has 0 aliphatic rings. The largest absolute Gasteiger partial charge is 0.377 e. The number of benzene rings is 1. The highest BCUT2D eigenvalue weighted by Gasteiger charge is 2.09. The van der Waals surface area contributed by atoms with E-state index in [4.69, 9.17) is 0 Å². The molecule has 0 saturated carbocycles. The van der Waals surface area contributed by atoms with Crippen LogP contribution in [-0.2, 0) is 6.54 Å². The van der Waals surface area contributed by atoms with Crippen molar-refractivity contribution in [2.24, 2.45) is 0 Å². The summed E-state index contributed by atoms with van der Waals surface area (Å²) in [7, 11) is 4.09. The predicted molar refractivity (Wildman–Crippen MR) is 85.6 cm³/mol. The van der Waals surface area contributed by atoms with Crippen molar-refractivity contribution in [1.29, 1.82) is 0 Å². The van der Waals surface area contributed by atoms with Crippen molar-refractivity contribution in [2.75, 3.05) is 19.0 Å². The molecule has 0 aliphatic heterocycles. The summed E-state index contributed by atoms with van der Waals surface area (Å²) < 4.78 is 2.13. The molecular weight excluding hydrogens is 260 g/mol. The number of aryl methyl sites for hydroxylation is 2. The molecular formula is C17H21N4+. The Hall–Kier alpha value is -2.36. The van der Waals surface area contributed by atoms with E-state index < -0.39 is 0 Å². The number of hydrogen-bond donors (Lipinski definition) is 1. The minimum absolute atomic E-state index is 0.750. The monoisotopic (exact) mass is 281 g/mol. The van der Waals surface area contributed by atoms with Gasteiger partial charge in [-0.15, -0.1) is 0 Å². The molecule has 1 N–H and O–H groups in total. The summed E-state index contributed by atoms with van der Waals surface area (Å²) >= 11 is 0. The molecule has 0 atom stereocenters. The molecule has 4 nitrogen and oxygen atoms in total. The molecule has 108 valence electrons. The Balaban J connectivity index is 1.87. The van der Waals surface area contributed by atoms with Gasteiger partial charge in [0.15, 0.2) is 18.2 Å². The zero-order valence-corrected chi connectivity index (χ0v) is 13.0. The van der Waals surface area contributed by atoms with Crippen molar-refractivity contribution >= 4 is 16.7 Å². The van der Waals surface area contributed by atoms with Crippen molar-refractivity contribution in [3.05, 3.63) is 53.6 Å². The van der Waals surface area contributed by atoms with E-state index in [1.165, 1.54) is 16.8 Å². The van der Waals surface area contributed by atoms with Crippen molar-refractivity contribution in [3.63, 3.8) is 0 Å². The van der Waals surface area contributed by atoms with Crippen LogP contribution in [0.2, 0.25) is 0 Å². The van der Waals surface area contributed by atoms with Crippen LogP contribution in [0.25, 0.3) is 11.0 Å². The molecule has 0 bridgehead atoms. The van der Waals surface area contributed by atoms with Crippen LogP contribution in [0.1, 0.15) is 17.0 Å². The number of rotatable bonds is 3. The van der Waals surface area contributed by atoms with Gasteiger partial charge in [0.25, 0.3) is 0 Å². The molecule has 0 spiro atoms. The highest BCUT2D eigenvalue weighted by atomic mass is 15.1. The Morgan fingerprint density at radius 2 is 1.76 bits per heavy atom. The van der Waals surface area contributed by atoms with E-state index in [1.54, 1.807) is 0 Å². The van der Waals surface area contributed by atoms with E-state index in [-0.39, 0.29) is 0 Å². The number of H-pyrrole nitrogens is 1. The smallest absolute Gasteiger partial charge is 0.205 e. The first-order valence-corrected chi connectivity index (χ1v) is 7.15. The van der Waals surface area contributed by atoms with E-state index in [9.17, 15) is 0 Å². The Morgan fingerprint density at radius 3 is 2.43 bits per heavy atom. The number of pyridine rings is 1. The molecule has 0 unspecified atom stereocenters. The van der Waals surface area contributed by atoms with Crippen LogP contribution >= 0.6 is 0 Å². The van der Waals surface area contributed by atoms with Crippen LogP contribution < -0.4 is 9.47 Å². The van der Waals surface area contributed by atoms with Crippen LogP contribution in [0.3, 0.4) is 0 Å². The van der Waals surface area contributed by atoms with Crippen LogP contribution in [0.5, 0.6) is 0 Å². The average Bonchev–Trinajstić information content (AvgIpc) is 2.81.